The van der Waals surface area contributed by atoms with Crippen molar-refractivity contribution in [2.75, 3.05) is 0 Å². The molecule has 0 amide bonds. The summed E-state index contributed by atoms with van der Waals surface area (Å²) in [5.74, 6) is 0. The Labute approximate surface area is 153 Å². The lowest BCUT2D eigenvalue weighted by molar-refractivity contribution is 0.974. The summed E-state index contributed by atoms with van der Waals surface area (Å²) in [6.07, 6.45) is 0. The molecular formula is C23H21N3. The number of hydrogen-bond donors (Lipinski definition) is 0. The highest BCUT2D eigenvalue weighted by Crippen LogP contribution is 2.41. The molecule has 0 bridgehead atoms. The van der Waals surface area contributed by atoms with Gasteiger partial charge in [-0.3, -0.25) is 0 Å². The van der Waals surface area contributed by atoms with Crippen LogP contribution in [-0.4, -0.2) is 4.57 Å². The zero-order chi connectivity index (χ0) is 18.1. The highest BCUT2D eigenvalue weighted by atomic mass is 15.1. The van der Waals surface area contributed by atoms with Crippen LogP contribution in [0.1, 0.15) is 11.1 Å². The number of azo groups is 1. The summed E-state index contributed by atoms with van der Waals surface area (Å²) in [4.78, 5) is 0. The van der Waals surface area contributed by atoms with E-state index in [0.717, 1.165) is 33.5 Å². The number of fused-ring (bicyclic) bond motifs is 1. The number of aromatic nitrogens is 1. The Hall–Kier alpha value is -3.20. The van der Waals surface area contributed by atoms with Crippen LogP contribution in [0.3, 0.4) is 0 Å². The van der Waals surface area contributed by atoms with E-state index in [1.807, 2.05) is 18.2 Å². The number of nitrogens with zero attached hydrogens (tertiary/aromatic N) is 3. The van der Waals surface area contributed by atoms with Crippen LogP contribution in [-0.2, 0) is 7.05 Å². The first-order valence-electron chi connectivity index (χ1n) is 8.77. The smallest absolute Gasteiger partial charge is 0.119 e. The first-order chi connectivity index (χ1) is 12.7. The van der Waals surface area contributed by atoms with E-state index < -0.39 is 0 Å². The van der Waals surface area contributed by atoms with Crippen molar-refractivity contribution in [3.8, 4) is 11.3 Å². The van der Waals surface area contributed by atoms with Crippen LogP contribution in [0.4, 0.5) is 11.4 Å². The van der Waals surface area contributed by atoms with E-state index >= 15 is 0 Å². The average Bonchev–Trinajstić information content (AvgIpc) is 2.94. The van der Waals surface area contributed by atoms with Gasteiger partial charge in [-0.2, -0.15) is 5.11 Å². The Morgan fingerprint density at radius 1 is 0.692 bits per heavy atom. The lowest BCUT2D eigenvalue weighted by Crippen LogP contribution is -1.93. The molecule has 128 valence electrons. The number of hydrogen-bond acceptors (Lipinski definition) is 2. The minimum atomic E-state index is 0.899. The van der Waals surface area contributed by atoms with Gasteiger partial charge in [0, 0.05) is 18.0 Å². The van der Waals surface area contributed by atoms with Crippen LogP contribution < -0.4 is 0 Å². The Kier molecular flexibility index (Phi) is 4.13. The fraction of sp³-hybridized carbons (Fsp3) is 0.130. The van der Waals surface area contributed by atoms with E-state index in [4.69, 9.17) is 5.11 Å². The molecule has 1 heterocycles. The molecule has 0 N–H and O–H groups in total. The molecule has 0 fully saturated rings. The molecule has 3 nitrogen and oxygen atoms in total. The van der Waals surface area contributed by atoms with Crippen LogP contribution in [0.25, 0.3) is 22.2 Å². The molecule has 4 rings (SSSR count). The fourth-order valence-corrected chi connectivity index (χ4v) is 3.40. The Morgan fingerprint density at radius 2 is 1.35 bits per heavy atom. The van der Waals surface area contributed by atoms with Crippen molar-refractivity contribution in [2.24, 2.45) is 17.3 Å². The van der Waals surface area contributed by atoms with Gasteiger partial charge in [-0.15, -0.1) is 5.11 Å². The van der Waals surface area contributed by atoms with Crippen LogP contribution in [0, 0.1) is 13.8 Å². The number of para-hydroxylation sites is 1. The van der Waals surface area contributed by atoms with E-state index in [1.165, 1.54) is 11.1 Å². The minimum absolute atomic E-state index is 0.899. The SMILES string of the molecule is Cc1ccccc1N=Nc1c(-c2ccccc2C)n(C)c2ccccc12. The zero-order valence-corrected chi connectivity index (χ0v) is 15.3. The molecule has 0 saturated carbocycles. The third kappa shape index (κ3) is 2.72. The molecule has 0 spiro atoms. The molecule has 0 aliphatic heterocycles. The van der Waals surface area contributed by atoms with Crippen molar-refractivity contribution in [3.63, 3.8) is 0 Å². The van der Waals surface area contributed by atoms with Crippen molar-refractivity contribution in [2.45, 2.75) is 13.8 Å². The first-order valence-corrected chi connectivity index (χ1v) is 8.77. The summed E-state index contributed by atoms with van der Waals surface area (Å²) in [5, 5.41) is 10.4. The highest BCUT2D eigenvalue weighted by molar-refractivity contribution is 6.00. The second-order valence-corrected chi connectivity index (χ2v) is 6.57. The van der Waals surface area contributed by atoms with E-state index in [9.17, 15) is 0 Å². The third-order valence-electron chi connectivity index (χ3n) is 4.85. The normalized spacial score (nSPS) is 11.5. The maximum absolute atomic E-state index is 4.71. The topological polar surface area (TPSA) is 29.6 Å². The second-order valence-electron chi connectivity index (χ2n) is 6.57. The van der Waals surface area contributed by atoms with Gasteiger partial charge in [0.25, 0.3) is 0 Å². The van der Waals surface area contributed by atoms with Gasteiger partial charge in [-0.25, -0.2) is 0 Å². The molecule has 0 aliphatic rings. The summed E-state index contributed by atoms with van der Waals surface area (Å²) in [5.41, 5.74) is 7.60. The van der Waals surface area contributed by atoms with E-state index in [0.29, 0.717) is 0 Å². The van der Waals surface area contributed by atoms with Gasteiger partial charge in [0.2, 0.25) is 0 Å². The van der Waals surface area contributed by atoms with E-state index in [-0.39, 0.29) is 0 Å². The molecule has 0 atom stereocenters. The maximum atomic E-state index is 4.71. The molecule has 4 aromatic rings. The lowest BCUT2D eigenvalue weighted by atomic mass is 10.0. The van der Waals surface area contributed by atoms with Crippen molar-refractivity contribution < 1.29 is 0 Å². The molecule has 0 unspecified atom stereocenters. The Morgan fingerprint density at radius 3 is 2.12 bits per heavy atom. The van der Waals surface area contributed by atoms with E-state index in [2.05, 4.69) is 85.2 Å². The third-order valence-corrected chi connectivity index (χ3v) is 4.85. The predicted octanol–water partition coefficient (Wildman–Crippen LogP) is 6.88. The number of aryl methyl sites for hydroxylation is 3. The number of rotatable bonds is 3. The largest absolute Gasteiger partial charge is 0.342 e. The van der Waals surface area contributed by atoms with Gasteiger partial charge >= 0.3 is 0 Å². The summed E-state index contributed by atoms with van der Waals surface area (Å²) >= 11 is 0. The predicted molar refractivity (Wildman–Crippen MR) is 108 cm³/mol. The van der Waals surface area contributed by atoms with Crippen molar-refractivity contribution in [3.05, 3.63) is 83.9 Å². The van der Waals surface area contributed by atoms with Crippen molar-refractivity contribution in [1.29, 1.82) is 0 Å². The standard InChI is InChI=1S/C23H21N3/c1-16-10-4-6-12-18(16)23-22(19-13-7-9-15-21(19)26(23)3)25-24-20-14-8-5-11-17(20)2/h4-15H,1-3H3. The van der Waals surface area contributed by atoms with Gasteiger partial charge < -0.3 is 4.57 Å². The van der Waals surface area contributed by atoms with Crippen molar-refractivity contribution in [1.82, 2.24) is 4.57 Å². The molecule has 1 aromatic heterocycles. The van der Waals surface area contributed by atoms with Gasteiger partial charge in [-0.1, -0.05) is 60.7 Å². The second kappa shape index (κ2) is 6.60. The van der Waals surface area contributed by atoms with Crippen LogP contribution >= 0.6 is 0 Å². The van der Waals surface area contributed by atoms with Gasteiger partial charge in [-0.05, 0) is 37.1 Å². The monoisotopic (exact) mass is 339 g/mol. The summed E-state index contributed by atoms with van der Waals surface area (Å²) in [6.45, 7) is 4.19. The summed E-state index contributed by atoms with van der Waals surface area (Å²) < 4.78 is 2.21. The number of benzene rings is 3. The van der Waals surface area contributed by atoms with E-state index in [1.54, 1.807) is 0 Å². The quantitative estimate of drug-likeness (QED) is 0.364. The fourth-order valence-electron chi connectivity index (χ4n) is 3.40. The summed E-state index contributed by atoms with van der Waals surface area (Å²) in [6, 6.07) is 24.8. The first kappa shape index (κ1) is 16.3. The lowest BCUT2D eigenvalue weighted by Gasteiger charge is -2.08. The van der Waals surface area contributed by atoms with Gasteiger partial charge in [0.15, 0.2) is 0 Å². The molecular weight excluding hydrogens is 318 g/mol. The van der Waals surface area contributed by atoms with Crippen LogP contribution in [0.2, 0.25) is 0 Å². The molecule has 26 heavy (non-hydrogen) atoms. The van der Waals surface area contributed by atoms with Crippen molar-refractivity contribution >= 4 is 22.3 Å². The molecule has 0 saturated heterocycles. The molecule has 0 radical (unpaired) electrons. The molecule has 3 aromatic carbocycles. The van der Waals surface area contributed by atoms with Crippen LogP contribution in [0.5, 0.6) is 0 Å². The average molecular weight is 339 g/mol. The zero-order valence-electron chi connectivity index (χ0n) is 15.3. The summed E-state index contributed by atoms with van der Waals surface area (Å²) in [7, 11) is 2.09. The Bertz CT molecular complexity index is 1120. The van der Waals surface area contributed by atoms with Gasteiger partial charge in [0.05, 0.1) is 16.9 Å². The molecule has 3 heteroatoms. The maximum Gasteiger partial charge on any atom is 0.119 e. The Balaban J connectivity index is 1.98. The molecule has 0 aliphatic carbocycles. The van der Waals surface area contributed by atoms with Gasteiger partial charge in [0.1, 0.15) is 5.69 Å². The van der Waals surface area contributed by atoms with Crippen LogP contribution in [0.15, 0.2) is 83.0 Å². The minimum Gasteiger partial charge on any atom is -0.342 e. The highest BCUT2D eigenvalue weighted by Gasteiger charge is 2.17.